The fourth-order valence-electron chi connectivity index (χ4n) is 1.71. The van der Waals surface area contributed by atoms with Gasteiger partial charge < -0.3 is 4.42 Å². The lowest BCUT2D eigenvalue weighted by atomic mass is 10.2. The number of ketones is 1. The van der Waals surface area contributed by atoms with Crippen molar-refractivity contribution in [2.45, 2.75) is 25.8 Å². The van der Waals surface area contributed by atoms with Gasteiger partial charge in [-0.1, -0.05) is 6.92 Å². The summed E-state index contributed by atoms with van der Waals surface area (Å²) in [5.41, 5.74) is 1.30. The number of rotatable bonds is 4. The second kappa shape index (κ2) is 5.35. The van der Waals surface area contributed by atoms with Crippen LogP contribution in [-0.4, -0.2) is 21.5 Å². The van der Waals surface area contributed by atoms with Gasteiger partial charge in [0.05, 0.1) is 17.5 Å². The van der Waals surface area contributed by atoms with Crippen molar-refractivity contribution < 1.29 is 9.21 Å². The number of thioether (sulfide) groups is 1. The predicted octanol–water partition coefficient (Wildman–Crippen LogP) is 3.36. The highest BCUT2D eigenvalue weighted by molar-refractivity contribution is 7.99. The molecule has 4 nitrogen and oxygen atoms in total. The maximum atomic E-state index is 11.6. The Morgan fingerprint density at radius 1 is 1.44 bits per heavy atom. The summed E-state index contributed by atoms with van der Waals surface area (Å²) in [4.78, 5) is 20.4. The lowest BCUT2D eigenvalue weighted by molar-refractivity contribution is 0.101. The van der Waals surface area contributed by atoms with Gasteiger partial charge in [-0.15, -0.1) is 11.8 Å². The topological polar surface area (TPSA) is 56.0 Å². The molecule has 0 atom stereocenters. The average Bonchev–Trinajstić information content (AvgIpc) is 2.81. The largest absolute Gasteiger partial charge is 0.461 e. The van der Waals surface area contributed by atoms with E-state index in [1.54, 1.807) is 24.1 Å². The highest BCUT2D eigenvalue weighted by Gasteiger charge is 2.17. The minimum Gasteiger partial charge on any atom is -0.461 e. The summed E-state index contributed by atoms with van der Waals surface area (Å²) in [5, 5.41) is 0.726. The van der Waals surface area contributed by atoms with Crippen LogP contribution in [0.25, 0.3) is 11.6 Å². The SMILES string of the molecule is CCSc1nc(-c2ccco2)nc(C)c1C(C)=O. The first-order chi connectivity index (χ1) is 8.63. The van der Waals surface area contributed by atoms with Crippen LogP contribution in [0, 0.1) is 6.92 Å². The molecule has 2 rings (SSSR count). The molecular weight excluding hydrogens is 248 g/mol. The van der Waals surface area contributed by atoms with Crippen LogP contribution in [0.3, 0.4) is 0 Å². The number of Topliss-reactive ketones (excluding diaryl/α,β-unsaturated/α-hetero) is 1. The molecule has 0 saturated carbocycles. The molecule has 0 unspecified atom stereocenters. The number of carbonyl (C=O) groups excluding carboxylic acids is 1. The highest BCUT2D eigenvalue weighted by Crippen LogP contribution is 2.26. The first kappa shape index (κ1) is 12.8. The molecule has 0 aromatic carbocycles. The van der Waals surface area contributed by atoms with E-state index < -0.39 is 0 Å². The summed E-state index contributed by atoms with van der Waals surface area (Å²) in [5.74, 6) is 1.99. The summed E-state index contributed by atoms with van der Waals surface area (Å²) in [6, 6.07) is 3.60. The quantitative estimate of drug-likeness (QED) is 0.480. The minimum absolute atomic E-state index is 0.00514. The van der Waals surface area contributed by atoms with Crippen LogP contribution in [0.1, 0.15) is 29.9 Å². The molecule has 0 bridgehead atoms. The van der Waals surface area contributed by atoms with Crippen molar-refractivity contribution in [3.05, 3.63) is 29.7 Å². The molecule has 0 aliphatic rings. The van der Waals surface area contributed by atoms with E-state index in [1.165, 1.54) is 6.92 Å². The van der Waals surface area contributed by atoms with Crippen molar-refractivity contribution in [2.75, 3.05) is 5.75 Å². The Balaban J connectivity index is 2.57. The molecule has 2 heterocycles. The third-order valence-corrected chi connectivity index (χ3v) is 3.29. The molecule has 0 spiro atoms. The number of carbonyl (C=O) groups is 1. The number of hydrogen-bond donors (Lipinski definition) is 0. The van der Waals surface area contributed by atoms with Crippen LogP contribution in [0.2, 0.25) is 0 Å². The monoisotopic (exact) mass is 262 g/mol. The zero-order valence-corrected chi connectivity index (χ0v) is 11.4. The molecule has 0 radical (unpaired) electrons. The molecule has 2 aromatic heterocycles. The van der Waals surface area contributed by atoms with E-state index >= 15 is 0 Å². The Bertz CT molecular complexity index is 565. The maximum Gasteiger partial charge on any atom is 0.196 e. The van der Waals surface area contributed by atoms with Gasteiger partial charge in [0, 0.05) is 0 Å². The van der Waals surface area contributed by atoms with Gasteiger partial charge in [-0.05, 0) is 31.7 Å². The van der Waals surface area contributed by atoms with Crippen molar-refractivity contribution in [3.63, 3.8) is 0 Å². The Labute approximate surface area is 110 Å². The average molecular weight is 262 g/mol. The third kappa shape index (κ3) is 2.46. The van der Waals surface area contributed by atoms with E-state index in [4.69, 9.17) is 4.42 Å². The Hall–Kier alpha value is -1.62. The summed E-state index contributed by atoms with van der Waals surface area (Å²) < 4.78 is 5.29. The van der Waals surface area contributed by atoms with Gasteiger partial charge in [0.2, 0.25) is 0 Å². The number of aryl methyl sites for hydroxylation is 1. The summed E-state index contributed by atoms with van der Waals surface area (Å²) in [6.07, 6.45) is 1.58. The molecule has 2 aromatic rings. The lowest BCUT2D eigenvalue weighted by Crippen LogP contribution is -2.06. The number of furan rings is 1. The number of aromatic nitrogens is 2. The van der Waals surface area contributed by atoms with Crippen molar-refractivity contribution in [2.24, 2.45) is 0 Å². The Morgan fingerprint density at radius 2 is 2.22 bits per heavy atom. The summed E-state index contributed by atoms with van der Waals surface area (Å²) >= 11 is 1.54. The van der Waals surface area contributed by atoms with Gasteiger partial charge in [0.15, 0.2) is 17.4 Å². The van der Waals surface area contributed by atoms with Crippen molar-refractivity contribution >= 4 is 17.5 Å². The zero-order valence-electron chi connectivity index (χ0n) is 10.6. The Kier molecular flexibility index (Phi) is 3.81. The number of hydrogen-bond acceptors (Lipinski definition) is 5. The Morgan fingerprint density at radius 3 is 2.78 bits per heavy atom. The van der Waals surface area contributed by atoms with Crippen LogP contribution in [0.4, 0.5) is 0 Å². The molecule has 0 saturated heterocycles. The summed E-state index contributed by atoms with van der Waals surface area (Å²) in [6.45, 7) is 5.39. The van der Waals surface area contributed by atoms with Gasteiger partial charge in [-0.25, -0.2) is 9.97 Å². The van der Waals surface area contributed by atoms with Crippen LogP contribution < -0.4 is 0 Å². The fourth-order valence-corrected chi connectivity index (χ4v) is 2.57. The van der Waals surface area contributed by atoms with Crippen LogP contribution in [0.15, 0.2) is 27.8 Å². The molecule has 0 aliphatic carbocycles. The van der Waals surface area contributed by atoms with Crippen molar-refractivity contribution in [3.8, 4) is 11.6 Å². The van der Waals surface area contributed by atoms with E-state index in [-0.39, 0.29) is 5.78 Å². The van der Waals surface area contributed by atoms with Gasteiger partial charge in [0.25, 0.3) is 0 Å². The smallest absolute Gasteiger partial charge is 0.196 e. The van der Waals surface area contributed by atoms with Crippen molar-refractivity contribution in [1.82, 2.24) is 9.97 Å². The van der Waals surface area contributed by atoms with Gasteiger partial charge >= 0.3 is 0 Å². The predicted molar refractivity (Wildman–Crippen MR) is 70.9 cm³/mol. The summed E-state index contributed by atoms with van der Waals surface area (Å²) in [7, 11) is 0. The van der Waals surface area contributed by atoms with E-state index in [2.05, 4.69) is 9.97 Å². The second-order valence-corrected chi connectivity index (χ2v) is 5.03. The lowest BCUT2D eigenvalue weighted by Gasteiger charge is -2.09. The fraction of sp³-hybridized carbons (Fsp3) is 0.308. The molecule has 0 fully saturated rings. The van der Waals surface area contributed by atoms with Crippen LogP contribution in [0.5, 0.6) is 0 Å². The zero-order chi connectivity index (χ0) is 13.1. The van der Waals surface area contributed by atoms with Crippen LogP contribution >= 0.6 is 11.8 Å². The number of nitrogens with zero attached hydrogens (tertiary/aromatic N) is 2. The molecule has 0 amide bonds. The van der Waals surface area contributed by atoms with Gasteiger partial charge in [0.1, 0.15) is 5.03 Å². The second-order valence-electron chi connectivity index (χ2n) is 3.78. The first-order valence-corrected chi connectivity index (χ1v) is 6.68. The van der Waals surface area contributed by atoms with Crippen molar-refractivity contribution in [1.29, 1.82) is 0 Å². The standard InChI is InChI=1S/C13H14N2O2S/c1-4-18-13-11(9(3)16)8(2)14-12(15-13)10-6-5-7-17-10/h5-7H,4H2,1-3H3. The van der Waals surface area contributed by atoms with E-state index in [1.807, 2.05) is 19.9 Å². The normalized spacial score (nSPS) is 10.6. The molecule has 94 valence electrons. The van der Waals surface area contributed by atoms with E-state index in [0.29, 0.717) is 22.8 Å². The molecular formula is C13H14N2O2S. The third-order valence-electron chi connectivity index (χ3n) is 2.43. The van der Waals surface area contributed by atoms with Crippen LogP contribution in [-0.2, 0) is 0 Å². The van der Waals surface area contributed by atoms with E-state index in [0.717, 1.165) is 10.8 Å². The highest BCUT2D eigenvalue weighted by atomic mass is 32.2. The first-order valence-electron chi connectivity index (χ1n) is 5.69. The molecule has 5 heteroatoms. The minimum atomic E-state index is -0.00514. The van der Waals surface area contributed by atoms with E-state index in [9.17, 15) is 4.79 Å². The molecule has 18 heavy (non-hydrogen) atoms. The van der Waals surface area contributed by atoms with Gasteiger partial charge in [-0.3, -0.25) is 4.79 Å². The van der Waals surface area contributed by atoms with Gasteiger partial charge in [-0.2, -0.15) is 0 Å². The maximum absolute atomic E-state index is 11.6. The molecule has 0 N–H and O–H groups in total. The molecule has 0 aliphatic heterocycles.